The number of fused-ring (bicyclic) bond motifs is 1. The third kappa shape index (κ3) is 4.55. The van der Waals surface area contributed by atoms with Crippen molar-refractivity contribution in [1.82, 2.24) is 0 Å². The monoisotopic (exact) mass is 506 g/mol. The van der Waals surface area contributed by atoms with Gasteiger partial charge < -0.3 is 10.6 Å². The second kappa shape index (κ2) is 9.47. The standard InChI is InChI=1S/C36H46N2/c1-35(2,3)29-21-30(36(4,5)6)32(20-27(29)23-12-9-13-23)38-34(25-16-11-17-25)28-22-37-31-19-8-7-18-26(31)33(28)24-14-10-15-24/h7-8,18-23,37-38H,9-17H2,1-6H3. The number of nitrogens with one attached hydrogen (secondary N) is 2. The van der Waals surface area contributed by atoms with Crippen molar-refractivity contribution in [2.75, 3.05) is 10.6 Å². The van der Waals surface area contributed by atoms with Gasteiger partial charge in [-0.15, -0.1) is 0 Å². The van der Waals surface area contributed by atoms with Crippen LogP contribution in [-0.2, 0) is 10.8 Å². The number of allylic oxidation sites excluding steroid dienone is 3. The minimum absolute atomic E-state index is 0.0525. The third-order valence-corrected chi connectivity index (χ3v) is 9.34. The topological polar surface area (TPSA) is 24.1 Å². The molecule has 3 aliphatic carbocycles. The molecule has 2 aromatic rings. The smallest absolute Gasteiger partial charge is 0.0470 e. The molecule has 3 fully saturated rings. The van der Waals surface area contributed by atoms with Crippen molar-refractivity contribution in [3.8, 4) is 0 Å². The second-order valence-electron chi connectivity index (χ2n) is 14.2. The van der Waals surface area contributed by atoms with Gasteiger partial charge in [0.1, 0.15) is 0 Å². The third-order valence-electron chi connectivity index (χ3n) is 9.34. The molecule has 0 spiro atoms. The Balaban J connectivity index is 1.49. The Kier molecular flexibility index (Phi) is 6.36. The molecule has 0 radical (unpaired) electrons. The first-order valence-electron chi connectivity index (χ1n) is 15.1. The van der Waals surface area contributed by atoms with Crippen LogP contribution < -0.4 is 10.6 Å². The average molecular weight is 507 g/mol. The zero-order chi connectivity index (χ0) is 26.7. The van der Waals surface area contributed by atoms with Crippen molar-refractivity contribution in [3.63, 3.8) is 0 Å². The van der Waals surface area contributed by atoms with Crippen molar-refractivity contribution in [3.05, 3.63) is 87.3 Å². The number of hydrogen-bond acceptors (Lipinski definition) is 2. The molecule has 0 bridgehead atoms. The Labute approximate surface area is 230 Å². The van der Waals surface area contributed by atoms with Crippen molar-refractivity contribution >= 4 is 16.9 Å². The minimum atomic E-state index is 0.0525. The number of hydrogen-bond donors (Lipinski definition) is 2. The van der Waals surface area contributed by atoms with E-state index in [0.29, 0.717) is 5.92 Å². The summed E-state index contributed by atoms with van der Waals surface area (Å²) in [5.74, 6) is 0.702. The molecule has 0 amide bonds. The highest BCUT2D eigenvalue weighted by Gasteiger charge is 2.33. The van der Waals surface area contributed by atoms with E-state index in [9.17, 15) is 0 Å². The SMILES string of the molecule is CC(C)(C)c1cc(C(C)(C)C)c(C2CCC2)cc1NC(C1=CNc2ccccc2C1=C1CCC1)=C1CCC1. The van der Waals surface area contributed by atoms with Gasteiger partial charge in [0.25, 0.3) is 0 Å². The van der Waals surface area contributed by atoms with Crippen LogP contribution in [0.3, 0.4) is 0 Å². The molecule has 4 aliphatic rings. The second-order valence-corrected chi connectivity index (χ2v) is 14.2. The summed E-state index contributed by atoms with van der Waals surface area (Å²) in [5, 5.41) is 7.82. The molecule has 0 saturated heterocycles. The Hall–Kier alpha value is -2.74. The summed E-state index contributed by atoms with van der Waals surface area (Å²) < 4.78 is 0. The van der Waals surface area contributed by atoms with Crippen molar-refractivity contribution in [1.29, 1.82) is 0 Å². The van der Waals surface area contributed by atoms with Gasteiger partial charge in [-0.25, -0.2) is 0 Å². The van der Waals surface area contributed by atoms with Gasteiger partial charge >= 0.3 is 0 Å². The van der Waals surface area contributed by atoms with Gasteiger partial charge in [-0.1, -0.05) is 77.8 Å². The first-order valence-corrected chi connectivity index (χ1v) is 15.1. The lowest BCUT2D eigenvalue weighted by Gasteiger charge is -2.37. The van der Waals surface area contributed by atoms with Crippen LogP contribution in [0.2, 0.25) is 0 Å². The van der Waals surface area contributed by atoms with E-state index in [1.54, 1.807) is 22.3 Å². The summed E-state index contributed by atoms with van der Waals surface area (Å²) in [5.41, 5.74) is 16.1. The van der Waals surface area contributed by atoms with Crippen molar-refractivity contribution in [2.45, 2.75) is 116 Å². The van der Waals surface area contributed by atoms with Gasteiger partial charge in [0.05, 0.1) is 0 Å². The van der Waals surface area contributed by atoms with Crippen LogP contribution in [0, 0.1) is 0 Å². The summed E-state index contributed by atoms with van der Waals surface area (Å²) >= 11 is 0. The average Bonchev–Trinajstić information content (AvgIpc) is 2.74. The van der Waals surface area contributed by atoms with E-state index in [-0.39, 0.29) is 10.8 Å². The fourth-order valence-corrected chi connectivity index (χ4v) is 6.51. The highest BCUT2D eigenvalue weighted by atomic mass is 14.9. The highest BCUT2D eigenvalue weighted by molar-refractivity contribution is 5.95. The lowest BCUT2D eigenvalue weighted by molar-refractivity contribution is 0.410. The number of anilines is 2. The molecular formula is C36H46N2. The molecule has 2 N–H and O–H groups in total. The minimum Gasteiger partial charge on any atom is -0.360 e. The highest BCUT2D eigenvalue weighted by Crippen LogP contribution is 2.49. The normalized spacial score (nSPS) is 19.5. The van der Waals surface area contributed by atoms with Crippen molar-refractivity contribution in [2.24, 2.45) is 0 Å². The van der Waals surface area contributed by atoms with Gasteiger partial charge in [0.15, 0.2) is 0 Å². The van der Waals surface area contributed by atoms with Gasteiger partial charge in [0, 0.05) is 34.4 Å². The van der Waals surface area contributed by atoms with E-state index in [0.717, 1.165) is 0 Å². The van der Waals surface area contributed by atoms with Gasteiger partial charge in [-0.3, -0.25) is 0 Å². The van der Waals surface area contributed by atoms with Crippen LogP contribution in [-0.4, -0.2) is 0 Å². The van der Waals surface area contributed by atoms with Gasteiger partial charge in [-0.2, -0.15) is 0 Å². The molecule has 1 aliphatic heterocycles. The number of para-hydroxylation sites is 1. The first-order chi connectivity index (χ1) is 18.1. The van der Waals surface area contributed by atoms with E-state index in [4.69, 9.17) is 0 Å². The zero-order valence-electron chi connectivity index (χ0n) is 24.5. The maximum atomic E-state index is 4.15. The first kappa shape index (κ1) is 25.5. The fourth-order valence-electron chi connectivity index (χ4n) is 6.51. The summed E-state index contributed by atoms with van der Waals surface area (Å²) in [6.07, 6.45) is 13.8. The van der Waals surface area contributed by atoms with Crippen LogP contribution in [0.5, 0.6) is 0 Å². The molecule has 2 nitrogen and oxygen atoms in total. The summed E-state index contributed by atoms with van der Waals surface area (Å²) in [7, 11) is 0. The predicted octanol–water partition coefficient (Wildman–Crippen LogP) is 10.3. The Bertz CT molecular complexity index is 1340. The van der Waals surface area contributed by atoms with E-state index >= 15 is 0 Å². The fraction of sp³-hybridized carbons (Fsp3) is 0.500. The summed E-state index contributed by atoms with van der Waals surface area (Å²) in [4.78, 5) is 0. The summed E-state index contributed by atoms with van der Waals surface area (Å²) in [6.45, 7) is 14.3. The Morgan fingerprint density at radius 1 is 0.816 bits per heavy atom. The summed E-state index contributed by atoms with van der Waals surface area (Å²) in [6, 6.07) is 14.0. The molecule has 1 heterocycles. The molecule has 0 unspecified atom stereocenters. The number of rotatable bonds is 4. The lowest BCUT2D eigenvalue weighted by atomic mass is 9.70. The molecule has 3 saturated carbocycles. The van der Waals surface area contributed by atoms with Crippen LogP contribution in [0.1, 0.15) is 128 Å². The van der Waals surface area contributed by atoms with Crippen molar-refractivity contribution < 1.29 is 0 Å². The van der Waals surface area contributed by atoms with Crippen LogP contribution in [0.25, 0.3) is 5.57 Å². The van der Waals surface area contributed by atoms with Gasteiger partial charge in [-0.05, 0) is 108 Å². The van der Waals surface area contributed by atoms with E-state index in [2.05, 4.69) is 94.8 Å². The maximum Gasteiger partial charge on any atom is 0.0470 e. The van der Waals surface area contributed by atoms with E-state index in [1.807, 2.05) is 0 Å². The zero-order valence-corrected chi connectivity index (χ0v) is 24.5. The molecule has 2 heteroatoms. The Morgan fingerprint density at radius 3 is 2.05 bits per heavy atom. The molecule has 200 valence electrons. The molecular weight excluding hydrogens is 460 g/mol. The molecule has 0 atom stereocenters. The van der Waals surface area contributed by atoms with Crippen LogP contribution in [0.15, 0.2) is 65.0 Å². The quantitative estimate of drug-likeness (QED) is 0.431. The largest absolute Gasteiger partial charge is 0.360 e. The molecule has 38 heavy (non-hydrogen) atoms. The van der Waals surface area contributed by atoms with E-state index < -0.39 is 0 Å². The lowest BCUT2D eigenvalue weighted by Crippen LogP contribution is -2.24. The maximum absolute atomic E-state index is 4.15. The molecule has 2 aromatic carbocycles. The van der Waals surface area contributed by atoms with E-state index in [1.165, 1.54) is 97.1 Å². The predicted molar refractivity (Wildman–Crippen MR) is 164 cm³/mol. The van der Waals surface area contributed by atoms with Gasteiger partial charge in [0.2, 0.25) is 0 Å². The van der Waals surface area contributed by atoms with Crippen LogP contribution in [0.4, 0.5) is 11.4 Å². The molecule has 0 aromatic heterocycles. The Morgan fingerprint density at radius 2 is 1.50 bits per heavy atom. The number of benzene rings is 2. The van der Waals surface area contributed by atoms with Crippen LogP contribution >= 0.6 is 0 Å². The molecule has 6 rings (SSSR count).